The van der Waals surface area contributed by atoms with Gasteiger partial charge >= 0.3 is 5.97 Å². The number of hydrogen-bond acceptors (Lipinski definition) is 5. The van der Waals surface area contributed by atoms with E-state index in [0.717, 1.165) is 25.8 Å². The molecule has 1 unspecified atom stereocenters. The Labute approximate surface area is 101 Å². The largest absolute Gasteiger partial charge is 0.461 e. The number of carbonyl (C=O) groups excluding carboxylic acids is 1. The van der Waals surface area contributed by atoms with Crippen LogP contribution in [0, 0.1) is 0 Å². The van der Waals surface area contributed by atoms with Crippen molar-refractivity contribution in [3.8, 4) is 0 Å². The molecule has 1 fully saturated rings. The van der Waals surface area contributed by atoms with Gasteiger partial charge in [-0.1, -0.05) is 6.92 Å². The maximum atomic E-state index is 11.5. The Morgan fingerprint density at radius 1 is 1.65 bits per heavy atom. The zero-order chi connectivity index (χ0) is 12.3. The predicted molar refractivity (Wildman–Crippen MR) is 63.1 cm³/mol. The van der Waals surface area contributed by atoms with Gasteiger partial charge in [0, 0.05) is 12.6 Å². The van der Waals surface area contributed by atoms with Gasteiger partial charge in [-0.05, 0) is 26.2 Å². The summed E-state index contributed by atoms with van der Waals surface area (Å²) in [5.74, 6) is -0.422. The third-order valence-electron chi connectivity index (χ3n) is 3.07. The molecule has 0 aromatic carbocycles. The van der Waals surface area contributed by atoms with E-state index in [-0.39, 0.29) is 5.69 Å². The Morgan fingerprint density at radius 3 is 3.18 bits per heavy atom. The van der Waals surface area contributed by atoms with Gasteiger partial charge in [0.1, 0.15) is 6.26 Å². The molecular formula is C12H18N2O3. The van der Waals surface area contributed by atoms with Gasteiger partial charge in [-0.2, -0.15) is 4.98 Å². The fraction of sp³-hybridized carbons (Fsp3) is 0.667. The summed E-state index contributed by atoms with van der Waals surface area (Å²) in [6.45, 7) is 5.22. The summed E-state index contributed by atoms with van der Waals surface area (Å²) in [6, 6.07) is 1.01. The van der Waals surface area contributed by atoms with Crippen LogP contribution in [0.1, 0.15) is 43.6 Å². The lowest BCUT2D eigenvalue weighted by Crippen LogP contribution is -2.28. The second kappa shape index (κ2) is 5.21. The predicted octanol–water partition coefficient (Wildman–Crippen LogP) is 2.23. The molecule has 0 saturated carbocycles. The molecular weight excluding hydrogens is 220 g/mol. The number of ether oxygens (including phenoxy) is 1. The first-order chi connectivity index (χ1) is 8.26. The van der Waals surface area contributed by atoms with Crippen molar-refractivity contribution < 1.29 is 13.9 Å². The highest BCUT2D eigenvalue weighted by Crippen LogP contribution is 2.26. The van der Waals surface area contributed by atoms with Crippen molar-refractivity contribution in [2.75, 3.05) is 18.1 Å². The molecule has 1 saturated heterocycles. The van der Waals surface area contributed by atoms with Crippen LogP contribution in [0.2, 0.25) is 0 Å². The number of nitrogens with zero attached hydrogens (tertiary/aromatic N) is 2. The van der Waals surface area contributed by atoms with E-state index in [2.05, 4.69) is 16.8 Å². The normalized spacial score (nSPS) is 19.6. The molecule has 94 valence electrons. The molecule has 0 amide bonds. The number of aromatic nitrogens is 1. The number of carbonyl (C=O) groups is 1. The first kappa shape index (κ1) is 12.0. The highest BCUT2D eigenvalue weighted by atomic mass is 16.5. The smallest absolute Gasteiger partial charge is 0.360 e. The van der Waals surface area contributed by atoms with E-state index in [0.29, 0.717) is 18.7 Å². The van der Waals surface area contributed by atoms with Crippen molar-refractivity contribution in [1.29, 1.82) is 0 Å². The number of oxazole rings is 1. The van der Waals surface area contributed by atoms with E-state index in [4.69, 9.17) is 9.15 Å². The van der Waals surface area contributed by atoms with Crippen LogP contribution in [0.5, 0.6) is 0 Å². The summed E-state index contributed by atoms with van der Waals surface area (Å²) in [5, 5.41) is 0. The highest BCUT2D eigenvalue weighted by Gasteiger charge is 2.27. The number of rotatable bonds is 4. The standard InChI is InChI=1S/C12H18N2O3/c1-3-9-6-5-7-14(9)12-13-10(8-17-12)11(15)16-4-2/h8-9H,3-7H2,1-2H3. The maximum absolute atomic E-state index is 11.5. The van der Waals surface area contributed by atoms with E-state index in [1.807, 2.05) is 0 Å². The zero-order valence-electron chi connectivity index (χ0n) is 10.3. The van der Waals surface area contributed by atoms with Crippen molar-refractivity contribution in [2.24, 2.45) is 0 Å². The average Bonchev–Trinajstić information content (AvgIpc) is 2.97. The zero-order valence-corrected chi connectivity index (χ0v) is 10.3. The Hall–Kier alpha value is -1.52. The summed E-state index contributed by atoms with van der Waals surface area (Å²) < 4.78 is 10.2. The SMILES string of the molecule is CCOC(=O)c1coc(N2CCCC2CC)n1. The van der Waals surface area contributed by atoms with Crippen LogP contribution in [0.3, 0.4) is 0 Å². The lowest BCUT2D eigenvalue weighted by atomic mass is 10.2. The molecule has 1 aliphatic heterocycles. The topological polar surface area (TPSA) is 55.6 Å². The molecule has 2 rings (SSSR count). The maximum Gasteiger partial charge on any atom is 0.360 e. The first-order valence-electron chi connectivity index (χ1n) is 6.15. The van der Waals surface area contributed by atoms with Gasteiger partial charge < -0.3 is 14.1 Å². The molecule has 5 nitrogen and oxygen atoms in total. The van der Waals surface area contributed by atoms with E-state index in [9.17, 15) is 4.79 Å². The monoisotopic (exact) mass is 238 g/mol. The molecule has 0 spiro atoms. The molecule has 0 N–H and O–H groups in total. The number of hydrogen-bond donors (Lipinski definition) is 0. The fourth-order valence-electron chi connectivity index (χ4n) is 2.21. The number of esters is 1. The molecule has 1 aromatic heterocycles. The van der Waals surface area contributed by atoms with E-state index < -0.39 is 5.97 Å². The Kier molecular flexibility index (Phi) is 3.66. The Balaban J connectivity index is 2.09. The van der Waals surface area contributed by atoms with Crippen LogP contribution in [-0.4, -0.2) is 30.1 Å². The van der Waals surface area contributed by atoms with E-state index in [1.165, 1.54) is 6.26 Å². The van der Waals surface area contributed by atoms with Gasteiger partial charge in [0.2, 0.25) is 0 Å². The molecule has 1 atom stereocenters. The Morgan fingerprint density at radius 2 is 2.47 bits per heavy atom. The molecule has 2 heterocycles. The van der Waals surface area contributed by atoms with Crippen molar-refractivity contribution >= 4 is 12.0 Å². The third-order valence-corrected chi connectivity index (χ3v) is 3.07. The van der Waals surface area contributed by atoms with Crippen LogP contribution < -0.4 is 4.90 Å². The van der Waals surface area contributed by atoms with Gasteiger partial charge in [0.05, 0.1) is 6.61 Å². The van der Waals surface area contributed by atoms with E-state index >= 15 is 0 Å². The summed E-state index contributed by atoms with van der Waals surface area (Å²) in [5.41, 5.74) is 0.253. The van der Waals surface area contributed by atoms with Gasteiger partial charge in [-0.25, -0.2) is 4.79 Å². The van der Waals surface area contributed by atoms with Crippen molar-refractivity contribution in [3.63, 3.8) is 0 Å². The van der Waals surface area contributed by atoms with Crippen LogP contribution >= 0.6 is 0 Å². The Bertz CT molecular complexity index is 389. The van der Waals surface area contributed by atoms with Crippen LogP contribution in [0.4, 0.5) is 6.01 Å². The second-order valence-electron chi connectivity index (χ2n) is 4.13. The van der Waals surface area contributed by atoms with Gasteiger partial charge in [0.25, 0.3) is 6.01 Å². The minimum atomic E-state index is -0.422. The second-order valence-corrected chi connectivity index (χ2v) is 4.13. The average molecular weight is 238 g/mol. The lowest BCUT2D eigenvalue weighted by Gasteiger charge is -2.20. The summed E-state index contributed by atoms with van der Waals surface area (Å²) >= 11 is 0. The molecule has 1 aliphatic rings. The third kappa shape index (κ3) is 2.43. The minimum Gasteiger partial charge on any atom is -0.461 e. The van der Waals surface area contributed by atoms with Gasteiger partial charge in [0.15, 0.2) is 5.69 Å². The van der Waals surface area contributed by atoms with Crippen LogP contribution in [0.15, 0.2) is 10.7 Å². The minimum absolute atomic E-state index is 0.253. The summed E-state index contributed by atoms with van der Waals surface area (Å²) in [6.07, 6.45) is 4.75. The lowest BCUT2D eigenvalue weighted by molar-refractivity contribution is 0.0519. The summed E-state index contributed by atoms with van der Waals surface area (Å²) in [7, 11) is 0. The van der Waals surface area contributed by atoms with Gasteiger partial charge in [-0.3, -0.25) is 0 Å². The molecule has 0 radical (unpaired) electrons. The molecule has 5 heteroatoms. The van der Waals surface area contributed by atoms with E-state index in [1.54, 1.807) is 6.92 Å². The molecule has 0 bridgehead atoms. The van der Waals surface area contributed by atoms with Crippen LogP contribution in [0.25, 0.3) is 0 Å². The number of anilines is 1. The van der Waals surface area contributed by atoms with Crippen molar-refractivity contribution in [1.82, 2.24) is 4.98 Å². The quantitative estimate of drug-likeness (QED) is 0.753. The molecule has 0 aliphatic carbocycles. The first-order valence-corrected chi connectivity index (χ1v) is 6.15. The van der Waals surface area contributed by atoms with Crippen molar-refractivity contribution in [3.05, 3.63) is 12.0 Å². The highest BCUT2D eigenvalue weighted by molar-refractivity contribution is 5.87. The van der Waals surface area contributed by atoms with Crippen molar-refractivity contribution in [2.45, 2.75) is 39.2 Å². The van der Waals surface area contributed by atoms with Gasteiger partial charge in [-0.15, -0.1) is 0 Å². The summed E-state index contributed by atoms with van der Waals surface area (Å²) in [4.78, 5) is 17.8. The fourth-order valence-corrected chi connectivity index (χ4v) is 2.21. The van der Waals surface area contributed by atoms with Crippen LogP contribution in [-0.2, 0) is 4.74 Å². The molecule has 17 heavy (non-hydrogen) atoms. The molecule has 1 aromatic rings.